The van der Waals surface area contributed by atoms with Crippen LogP contribution >= 0.6 is 11.3 Å². The second kappa shape index (κ2) is 5.98. The third kappa shape index (κ3) is 2.96. The monoisotopic (exact) mass is 249 g/mol. The number of rotatable bonds is 6. The van der Waals surface area contributed by atoms with Crippen LogP contribution in [0.3, 0.4) is 0 Å². The lowest BCUT2D eigenvalue weighted by Crippen LogP contribution is -2.27. The molecule has 4 heteroatoms. The van der Waals surface area contributed by atoms with Gasteiger partial charge in [-0.1, -0.05) is 19.9 Å². The highest BCUT2D eigenvalue weighted by atomic mass is 32.1. The summed E-state index contributed by atoms with van der Waals surface area (Å²) in [7, 11) is 0. The number of likely N-dealkylation sites (N-methyl/N-ethyl adjacent to an activating group) is 1. The van der Waals surface area contributed by atoms with Crippen molar-refractivity contribution >= 4 is 11.3 Å². The Hall–Kier alpha value is -1.13. The summed E-state index contributed by atoms with van der Waals surface area (Å²) in [6.45, 7) is 8.73. The molecule has 2 rings (SSSR count). The lowest BCUT2D eigenvalue weighted by Gasteiger charge is -2.18. The molecule has 0 radical (unpaired) electrons. The average molecular weight is 249 g/mol. The predicted molar refractivity (Wildman–Crippen MR) is 73.3 cm³/mol. The summed E-state index contributed by atoms with van der Waals surface area (Å²) in [6, 6.07) is 4.20. The van der Waals surface area contributed by atoms with Crippen molar-refractivity contribution in [3.63, 3.8) is 0 Å². The van der Waals surface area contributed by atoms with Gasteiger partial charge in [0.1, 0.15) is 5.82 Å². The van der Waals surface area contributed by atoms with E-state index in [0.29, 0.717) is 0 Å². The zero-order valence-corrected chi connectivity index (χ0v) is 11.3. The molecule has 0 spiro atoms. The van der Waals surface area contributed by atoms with E-state index in [9.17, 15) is 0 Å². The van der Waals surface area contributed by atoms with Crippen molar-refractivity contribution in [2.45, 2.75) is 20.4 Å². The Kier molecular flexibility index (Phi) is 4.34. The molecule has 3 nitrogen and oxygen atoms in total. The van der Waals surface area contributed by atoms with Crippen molar-refractivity contribution in [1.82, 2.24) is 14.5 Å². The van der Waals surface area contributed by atoms with Gasteiger partial charge in [-0.2, -0.15) is 0 Å². The van der Waals surface area contributed by atoms with Crippen LogP contribution in [0.4, 0.5) is 0 Å². The van der Waals surface area contributed by atoms with Crippen molar-refractivity contribution in [3.05, 3.63) is 29.9 Å². The van der Waals surface area contributed by atoms with Gasteiger partial charge in [0, 0.05) is 25.5 Å². The number of hydrogen-bond donors (Lipinski definition) is 0. The molecule has 0 aromatic carbocycles. The molecule has 0 saturated carbocycles. The summed E-state index contributed by atoms with van der Waals surface area (Å²) in [5.74, 6) is 1.09. The number of imidazole rings is 1. The minimum atomic E-state index is 1.01. The first-order valence-corrected chi connectivity index (χ1v) is 7.00. The van der Waals surface area contributed by atoms with Gasteiger partial charge in [-0.25, -0.2) is 4.98 Å². The first-order chi connectivity index (χ1) is 8.35. The van der Waals surface area contributed by atoms with Gasteiger partial charge in [0.2, 0.25) is 0 Å². The molecule has 0 N–H and O–H groups in total. The zero-order valence-electron chi connectivity index (χ0n) is 10.5. The van der Waals surface area contributed by atoms with Crippen LogP contribution in [-0.2, 0) is 6.54 Å². The first kappa shape index (κ1) is 12.3. The molecule has 2 aromatic rings. The number of nitrogens with zero attached hydrogens (tertiary/aromatic N) is 3. The van der Waals surface area contributed by atoms with Gasteiger partial charge in [0.25, 0.3) is 0 Å². The van der Waals surface area contributed by atoms with Crippen LogP contribution in [-0.4, -0.2) is 34.1 Å². The van der Waals surface area contributed by atoms with E-state index in [1.54, 1.807) is 11.3 Å². The lowest BCUT2D eigenvalue weighted by atomic mass is 10.4. The number of hydrogen-bond acceptors (Lipinski definition) is 3. The van der Waals surface area contributed by atoms with Crippen LogP contribution in [0.5, 0.6) is 0 Å². The molecule has 0 amide bonds. The largest absolute Gasteiger partial charge is 0.329 e. The molecule has 17 heavy (non-hydrogen) atoms. The Morgan fingerprint density at radius 1 is 1.35 bits per heavy atom. The Morgan fingerprint density at radius 3 is 2.82 bits per heavy atom. The van der Waals surface area contributed by atoms with Gasteiger partial charge in [-0.15, -0.1) is 11.3 Å². The zero-order chi connectivity index (χ0) is 12.1. The maximum Gasteiger partial charge on any atom is 0.150 e. The van der Waals surface area contributed by atoms with Crippen molar-refractivity contribution in [3.8, 4) is 10.7 Å². The van der Waals surface area contributed by atoms with Crippen molar-refractivity contribution in [2.24, 2.45) is 0 Å². The van der Waals surface area contributed by atoms with Crippen LogP contribution in [0, 0.1) is 0 Å². The van der Waals surface area contributed by atoms with Crippen molar-refractivity contribution in [1.29, 1.82) is 0 Å². The van der Waals surface area contributed by atoms with Crippen molar-refractivity contribution in [2.75, 3.05) is 19.6 Å². The Balaban J connectivity index is 2.05. The first-order valence-electron chi connectivity index (χ1n) is 6.12. The summed E-state index contributed by atoms with van der Waals surface area (Å²) in [6.07, 6.45) is 3.95. The molecule has 0 unspecified atom stereocenters. The minimum absolute atomic E-state index is 1.01. The lowest BCUT2D eigenvalue weighted by molar-refractivity contribution is 0.291. The molecule has 0 aliphatic heterocycles. The molecule has 2 aromatic heterocycles. The third-order valence-electron chi connectivity index (χ3n) is 3.01. The summed E-state index contributed by atoms with van der Waals surface area (Å²) in [5, 5.41) is 2.10. The summed E-state index contributed by atoms with van der Waals surface area (Å²) >= 11 is 1.74. The minimum Gasteiger partial charge on any atom is -0.329 e. The maximum atomic E-state index is 4.44. The fourth-order valence-corrected chi connectivity index (χ4v) is 2.65. The molecule has 0 bridgehead atoms. The molecular weight excluding hydrogens is 230 g/mol. The maximum absolute atomic E-state index is 4.44. The molecule has 0 saturated heterocycles. The highest BCUT2D eigenvalue weighted by Crippen LogP contribution is 2.22. The Labute approximate surface area is 107 Å². The van der Waals surface area contributed by atoms with Gasteiger partial charge < -0.3 is 9.47 Å². The SMILES string of the molecule is CCN(CC)CCn1ccnc1-c1cccs1. The van der Waals surface area contributed by atoms with Crippen LogP contribution in [0.2, 0.25) is 0 Å². The average Bonchev–Trinajstić information content (AvgIpc) is 3.00. The summed E-state index contributed by atoms with van der Waals surface area (Å²) in [4.78, 5) is 8.12. The third-order valence-corrected chi connectivity index (χ3v) is 3.87. The summed E-state index contributed by atoms with van der Waals surface area (Å²) < 4.78 is 2.24. The van der Waals surface area contributed by atoms with E-state index in [-0.39, 0.29) is 0 Å². The van der Waals surface area contributed by atoms with Gasteiger partial charge >= 0.3 is 0 Å². The summed E-state index contributed by atoms with van der Waals surface area (Å²) in [5.41, 5.74) is 0. The standard InChI is InChI=1S/C13H19N3S/c1-3-15(4-2)9-10-16-8-7-14-13(16)12-6-5-11-17-12/h5-8,11H,3-4,9-10H2,1-2H3. The van der Waals surface area contributed by atoms with Crippen LogP contribution in [0.25, 0.3) is 10.7 Å². The molecule has 0 aliphatic carbocycles. The van der Waals surface area contributed by atoms with Gasteiger partial charge in [-0.05, 0) is 24.5 Å². The Bertz CT molecular complexity index is 429. The van der Waals surface area contributed by atoms with E-state index in [1.807, 2.05) is 6.20 Å². The van der Waals surface area contributed by atoms with Crippen LogP contribution in [0.15, 0.2) is 29.9 Å². The van der Waals surface area contributed by atoms with Crippen LogP contribution < -0.4 is 0 Å². The normalized spacial score (nSPS) is 11.2. The van der Waals surface area contributed by atoms with Gasteiger partial charge in [0.05, 0.1) is 4.88 Å². The fraction of sp³-hybridized carbons (Fsp3) is 0.462. The molecule has 2 heterocycles. The molecule has 0 fully saturated rings. The molecular formula is C13H19N3S. The predicted octanol–water partition coefficient (Wildman–Crippen LogP) is 2.95. The van der Waals surface area contributed by atoms with E-state index in [2.05, 4.69) is 52.0 Å². The Morgan fingerprint density at radius 2 is 2.18 bits per heavy atom. The highest BCUT2D eigenvalue weighted by Gasteiger charge is 2.07. The van der Waals surface area contributed by atoms with E-state index in [0.717, 1.165) is 32.0 Å². The van der Waals surface area contributed by atoms with E-state index in [4.69, 9.17) is 0 Å². The highest BCUT2D eigenvalue weighted by molar-refractivity contribution is 7.13. The smallest absolute Gasteiger partial charge is 0.150 e. The fourth-order valence-electron chi connectivity index (χ4n) is 1.91. The molecule has 92 valence electrons. The number of thiophene rings is 1. The molecule has 0 atom stereocenters. The number of aromatic nitrogens is 2. The van der Waals surface area contributed by atoms with E-state index < -0.39 is 0 Å². The quantitative estimate of drug-likeness (QED) is 0.785. The second-order valence-electron chi connectivity index (χ2n) is 3.95. The van der Waals surface area contributed by atoms with Gasteiger partial charge in [0.15, 0.2) is 0 Å². The second-order valence-corrected chi connectivity index (χ2v) is 4.90. The van der Waals surface area contributed by atoms with Crippen molar-refractivity contribution < 1.29 is 0 Å². The topological polar surface area (TPSA) is 21.1 Å². The van der Waals surface area contributed by atoms with E-state index >= 15 is 0 Å². The van der Waals surface area contributed by atoms with Crippen LogP contribution in [0.1, 0.15) is 13.8 Å². The van der Waals surface area contributed by atoms with E-state index in [1.165, 1.54) is 4.88 Å². The van der Waals surface area contributed by atoms with Gasteiger partial charge in [-0.3, -0.25) is 0 Å². The molecule has 0 aliphatic rings.